The van der Waals surface area contributed by atoms with Gasteiger partial charge in [-0.1, -0.05) is 13.8 Å². The maximum atomic E-state index is 14.9. The van der Waals surface area contributed by atoms with Crippen molar-refractivity contribution in [1.82, 2.24) is 14.3 Å². The van der Waals surface area contributed by atoms with Crippen LogP contribution >= 0.6 is 0 Å². The predicted molar refractivity (Wildman–Crippen MR) is 104 cm³/mol. The maximum Gasteiger partial charge on any atom is 0.425 e. The van der Waals surface area contributed by atoms with Crippen molar-refractivity contribution in [2.24, 2.45) is 7.05 Å². The highest BCUT2D eigenvalue weighted by atomic mass is 19.4. The van der Waals surface area contributed by atoms with E-state index in [-0.39, 0.29) is 5.92 Å². The first-order chi connectivity index (χ1) is 14.0. The Bertz CT molecular complexity index is 1030. The van der Waals surface area contributed by atoms with Gasteiger partial charge in [-0.05, 0) is 33.8 Å². The number of rotatable bonds is 5. The molecule has 7 nitrogen and oxygen atoms in total. The molecule has 0 N–H and O–H groups in total. The van der Waals surface area contributed by atoms with E-state index in [4.69, 9.17) is 9.47 Å². The molecule has 1 unspecified atom stereocenters. The molecule has 1 heterocycles. The molecule has 0 spiro atoms. The van der Waals surface area contributed by atoms with Gasteiger partial charge in [-0.3, -0.25) is 4.57 Å². The van der Waals surface area contributed by atoms with Gasteiger partial charge in [0, 0.05) is 19.0 Å². The second kappa shape index (κ2) is 8.35. The van der Waals surface area contributed by atoms with Crippen LogP contribution in [-0.4, -0.2) is 38.2 Å². The average molecular weight is 447 g/mol. The minimum atomic E-state index is -4.74. The first kappa shape index (κ1) is 24.4. The van der Waals surface area contributed by atoms with Crippen LogP contribution in [0.15, 0.2) is 16.9 Å². The fourth-order valence-corrected chi connectivity index (χ4v) is 2.66. The van der Waals surface area contributed by atoms with Crippen molar-refractivity contribution in [3.63, 3.8) is 0 Å². The lowest BCUT2D eigenvalue weighted by atomic mass is 10.1. The quantitative estimate of drug-likeness (QED) is 0.509. The Morgan fingerprint density at radius 3 is 2.16 bits per heavy atom. The second-order valence-electron chi connectivity index (χ2n) is 8.37. The van der Waals surface area contributed by atoms with Crippen LogP contribution < -0.4 is 10.4 Å². The first-order valence-corrected chi connectivity index (χ1v) is 9.49. The molecule has 1 aromatic heterocycles. The highest BCUT2D eigenvalue weighted by Crippen LogP contribution is 2.31. The molecular formula is C20H25F4N3O4. The lowest BCUT2D eigenvalue weighted by molar-refractivity contribution is -0.189. The Labute approximate surface area is 176 Å². The normalized spacial score (nSPS) is 13.4. The van der Waals surface area contributed by atoms with Gasteiger partial charge < -0.3 is 9.47 Å². The van der Waals surface area contributed by atoms with Crippen molar-refractivity contribution in [2.75, 3.05) is 0 Å². The fraction of sp³-hybridized carbons (Fsp3) is 0.550. The molecule has 0 aliphatic carbocycles. The summed E-state index contributed by atoms with van der Waals surface area (Å²) in [6, 6.07) is 1.52. The molecule has 0 aliphatic rings. The van der Waals surface area contributed by atoms with Crippen molar-refractivity contribution >= 4 is 5.97 Å². The zero-order chi connectivity index (χ0) is 23.9. The number of carbonyl (C=O) groups excluding carboxylic acids is 1. The lowest BCUT2D eigenvalue weighted by Gasteiger charge is -2.23. The molecular weight excluding hydrogens is 422 g/mol. The zero-order valence-electron chi connectivity index (χ0n) is 18.3. The Balaban J connectivity index is 2.68. The molecule has 0 fully saturated rings. The number of benzene rings is 1. The Morgan fingerprint density at radius 2 is 1.71 bits per heavy atom. The molecule has 0 saturated carbocycles. The van der Waals surface area contributed by atoms with Gasteiger partial charge in [-0.2, -0.15) is 17.9 Å². The van der Waals surface area contributed by atoms with Crippen LogP contribution in [0.5, 0.6) is 5.75 Å². The molecule has 0 bridgehead atoms. The number of nitrogens with zero attached hydrogens (tertiary/aromatic N) is 3. The van der Waals surface area contributed by atoms with E-state index in [1.807, 2.05) is 0 Å². The number of aromatic nitrogens is 3. The summed E-state index contributed by atoms with van der Waals surface area (Å²) in [6.45, 7) is 8.94. The molecule has 0 amide bonds. The molecule has 0 saturated heterocycles. The monoisotopic (exact) mass is 447 g/mol. The third kappa shape index (κ3) is 5.45. The average Bonchev–Trinajstić information content (AvgIpc) is 2.89. The number of carbonyl (C=O) groups is 1. The van der Waals surface area contributed by atoms with E-state index in [0.717, 1.165) is 13.0 Å². The molecule has 1 atom stereocenters. The van der Waals surface area contributed by atoms with Crippen LogP contribution in [-0.2, 0) is 11.8 Å². The van der Waals surface area contributed by atoms with Crippen LogP contribution in [0.25, 0.3) is 5.69 Å². The summed E-state index contributed by atoms with van der Waals surface area (Å²) >= 11 is 0. The molecule has 31 heavy (non-hydrogen) atoms. The molecule has 1 aromatic carbocycles. The SMILES string of the molecule is CC(C)c1nn(-c2cc(OC(C)C(F)(F)F)c(C(=O)OC(C)(C)C)cc2F)c(=O)n1C. The third-order valence-electron chi connectivity index (χ3n) is 4.19. The van der Waals surface area contributed by atoms with E-state index in [1.165, 1.54) is 11.6 Å². The first-order valence-electron chi connectivity index (χ1n) is 9.49. The van der Waals surface area contributed by atoms with Gasteiger partial charge in [-0.25, -0.2) is 14.0 Å². The van der Waals surface area contributed by atoms with Gasteiger partial charge >= 0.3 is 17.8 Å². The highest BCUT2D eigenvalue weighted by molar-refractivity contribution is 5.93. The minimum absolute atomic E-state index is 0.177. The largest absolute Gasteiger partial charge is 0.480 e. The van der Waals surface area contributed by atoms with Crippen molar-refractivity contribution < 1.29 is 31.8 Å². The number of alkyl halides is 3. The van der Waals surface area contributed by atoms with Crippen LogP contribution in [0, 0.1) is 5.82 Å². The fourth-order valence-electron chi connectivity index (χ4n) is 2.66. The Kier molecular flexibility index (Phi) is 6.58. The number of hydrogen-bond acceptors (Lipinski definition) is 5. The van der Waals surface area contributed by atoms with Crippen LogP contribution in [0.2, 0.25) is 0 Å². The summed E-state index contributed by atoms with van der Waals surface area (Å²) in [5.41, 5.74) is -2.68. The van der Waals surface area contributed by atoms with Crippen LogP contribution in [0.3, 0.4) is 0 Å². The smallest absolute Gasteiger partial charge is 0.425 e. The van der Waals surface area contributed by atoms with E-state index >= 15 is 0 Å². The van der Waals surface area contributed by atoms with Gasteiger partial charge in [0.1, 0.15) is 34.2 Å². The number of esters is 1. The van der Waals surface area contributed by atoms with Gasteiger partial charge in [0.15, 0.2) is 6.10 Å². The zero-order valence-corrected chi connectivity index (χ0v) is 18.3. The van der Waals surface area contributed by atoms with E-state index in [9.17, 15) is 27.2 Å². The number of ether oxygens (including phenoxy) is 2. The van der Waals surface area contributed by atoms with Crippen LogP contribution in [0.1, 0.15) is 63.6 Å². The topological polar surface area (TPSA) is 75.4 Å². The van der Waals surface area contributed by atoms with E-state index < -0.39 is 52.4 Å². The van der Waals surface area contributed by atoms with Crippen molar-refractivity contribution in [2.45, 2.75) is 65.3 Å². The van der Waals surface area contributed by atoms with E-state index in [1.54, 1.807) is 34.6 Å². The molecule has 0 aliphatic heterocycles. The van der Waals surface area contributed by atoms with Gasteiger partial charge in [0.05, 0.1) is 0 Å². The third-order valence-corrected chi connectivity index (χ3v) is 4.19. The summed E-state index contributed by atoms with van der Waals surface area (Å²) in [4.78, 5) is 25.0. The number of hydrogen-bond donors (Lipinski definition) is 0. The van der Waals surface area contributed by atoms with Gasteiger partial charge in [-0.15, -0.1) is 5.10 Å². The molecule has 0 radical (unpaired) electrons. The highest BCUT2D eigenvalue weighted by Gasteiger charge is 2.39. The summed E-state index contributed by atoms with van der Waals surface area (Å²) in [6.07, 6.45) is -7.05. The Morgan fingerprint density at radius 1 is 1.13 bits per heavy atom. The second-order valence-corrected chi connectivity index (χ2v) is 8.37. The number of halogens is 4. The standard InChI is InChI=1S/C20H25F4N3O4/c1-10(2)16-25-27(18(29)26(16)7)14-9-15(30-11(3)20(22,23)24)12(8-13(14)21)17(28)31-19(4,5)6/h8-11H,1-7H3. The molecule has 2 aromatic rings. The van der Waals surface area contributed by atoms with Crippen molar-refractivity contribution in [3.8, 4) is 11.4 Å². The molecule has 2 rings (SSSR count). The maximum absolute atomic E-state index is 14.9. The van der Waals surface area contributed by atoms with Crippen molar-refractivity contribution in [3.05, 3.63) is 39.8 Å². The van der Waals surface area contributed by atoms with Gasteiger partial charge in [0.25, 0.3) is 0 Å². The summed E-state index contributed by atoms with van der Waals surface area (Å²) < 4.78 is 66.1. The van der Waals surface area contributed by atoms with E-state index in [2.05, 4.69) is 5.10 Å². The molecule has 172 valence electrons. The van der Waals surface area contributed by atoms with Crippen molar-refractivity contribution in [1.29, 1.82) is 0 Å². The predicted octanol–water partition coefficient (Wildman–Crippen LogP) is 4.12. The van der Waals surface area contributed by atoms with E-state index in [0.29, 0.717) is 16.6 Å². The minimum Gasteiger partial charge on any atom is -0.480 e. The molecule has 11 heteroatoms. The Hall–Kier alpha value is -2.85. The summed E-state index contributed by atoms with van der Waals surface area (Å²) in [7, 11) is 1.44. The summed E-state index contributed by atoms with van der Waals surface area (Å²) in [5, 5.41) is 4.08. The summed E-state index contributed by atoms with van der Waals surface area (Å²) in [5.74, 6) is -2.54. The van der Waals surface area contributed by atoms with Gasteiger partial charge in [0.2, 0.25) is 0 Å². The van der Waals surface area contributed by atoms with Crippen LogP contribution in [0.4, 0.5) is 17.6 Å². The lowest BCUT2D eigenvalue weighted by Crippen LogP contribution is -2.32.